The second kappa shape index (κ2) is 6.75. The molecule has 0 aliphatic heterocycles. The minimum Gasteiger partial charge on any atom is -0.461 e. The van der Waals surface area contributed by atoms with Crippen LogP contribution >= 0.6 is 0 Å². The summed E-state index contributed by atoms with van der Waals surface area (Å²) in [5, 5.41) is 0. The van der Waals surface area contributed by atoms with E-state index in [4.69, 9.17) is 10.5 Å². The Hall–Kier alpha value is -2.30. The van der Waals surface area contributed by atoms with Crippen LogP contribution in [0.15, 0.2) is 36.7 Å². The monoisotopic (exact) mass is 273 g/mol. The third-order valence-electron chi connectivity index (χ3n) is 2.91. The molecule has 0 atom stereocenters. The van der Waals surface area contributed by atoms with E-state index in [0.29, 0.717) is 24.4 Å². The van der Waals surface area contributed by atoms with E-state index in [-0.39, 0.29) is 5.97 Å². The van der Waals surface area contributed by atoms with Crippen LogP contribution in [0.1, 0.15) is 29.5 Å². The summed E-state index contributed by atoms with van der Waals surface area (Å²) in [5.74, 6) is -0.342. The fourth-order valence-electron chi connectivity index (χ4n) is 2.00. The zero-order chi connectivity index (χ0) is 14.4. The van der Waals surface area contributed by atoms with Gasteiger partial charge in [-0.1, -0.05) is 13.0 Å². The largest absolute Gasteiger partial charge is 0.461 e. The molecule has 5 nitrogen and oxygen atoms in total. The van der Waals surface area contributed by atoms with Crippen LogP contribution in [0, 0.1) is 0 Å². The van der Waals surface area contributed by atoms with E-state index in [1.807, 2.05) is 29.7 Å². The number of esters is 1. The molecule has 2 aromatic rings. The van der Waals surface area contributed by atoms with Crippen molar-refractivity contribution in [3.05, 3.63) is 48.0 Å². The molecule has 0 unspecified atom stereocenters. The van der Waals surface area contributed by atoms with Crippen molar-refractivity contribution in [2.24, 2.45) is 0 Å². The van der Waals surface area contributed by atoms with Crippen molar-refractivity contribution in [2.45, 2.75) is 26.3 Å². The topological polar surface area (TPSA) is 70.1 Å². The van der Waals surface area contributed by atoms with Gasteiger partial charge < -0.3 is 15.0 Å². The van der Waals surface area contributed by atoms with Crippen molar-refractivity contribution in [1.29, 1.82) is 0 Å². The van der Waals surface area contributed by atoms with Crippen LogP contribution in [-0.2, 0) is 17.7 Å². The summed E-state index contributed by atoms with van der Waals surface area (Å²) in [6.07, 6.45) is 5.03. The Morgan fingerprint density at radius 3 is 3.00 bits per heavy atom. The highest BCUT2D eigenvalue weighted by Gasteiger charge is 2.13. The number of hydrogen-bond acceptors (Lipinski definition) is 4. The quantitative estimate of drug-likeness (QED) is 0.820. The number of nitrogen functional groups attached to an aromatic ring is 1. The molecule has 2 rings (SSSR count). The van der Waals surface area contributed by atoms with Crippen LogP contribution in [0.3, 0.4) is 0 Å². The van der Waals surface area contributed by atoms with Crippen molar-refractivity contribution in [3.8, 4) is 0 Å². The summed E-state index contributed by atoms with van der Waals surface area (Å²) < 4.78 is 7.11. The molecule has 0 saturated heterocycles. The first kappa shape index (κ1) is 14.1. The third kappa shape index (κ3) is 3.60. The Bertz CT molecular complexity index is 564. The van der Waals surface area contributed by atoms with Gasteiger partial charge in [0.15, 0.2) is 0 Å². The van der Waals surface area contributed by atoms with E-state index < -0.39 is 0 Å². The Kier molecular flexibility index (Phi) is 4.76. The van der Waals surface area contributed by atoms with Crippen molar-refractivity contribution in [1.82, 2.24) is 9.55 Å². The van der Waals surface area contributed by atoms with Crippen LogP contribution in [0.4, 0.5) is 5.69 Å². The van der Waals surface area contributed by atoms with Crippen molar-refractivity contribution >= 4 is 11.7 Å². The molecule has 20 heavy (non-hydrogen) atoms. The van der Waals surface area contributed by atoms with Gasteiger partial charge in [0.1, 0.15) is 5.69 Å². The number of nitrogens with zero attached hydrogens (tertiary/aromatic N) is 2. The molecule has 0 bridgehead atoms. The summed E-state index contributed by atoms with van der Waals surface area (Å²) in [6, 6.07) is 7.33. The van der Waals surface area contributed by atoms with E-state index in [9.17, 15) is 4.79 Å². The first-order chi connectivity index (χ1) is 9.70. The summed E-state index contributed by atoms with van der Waals surface area (Å²) in [4.78, 5) is 16.2. The first-order valence-electron chi connectivity index (χ1n) is 6.73. The van der Waals surface area contributed by atoms with Crippen LogP contribution < -0.4 is 5.73 Å². The van der Waals surface area contributed by atoms with Gasteiger partial charge in [0, 0.05) is 31.1 Å². The first-order valence-corrected chi connectivity index (χ1v) is 6.73. The molecular weight excluding hydrogens is 254 g/mol. The number of aromatic nitrogens is 2. The fourth-order valence-corrected chi connectivity index (χ4v) is 2.00. The number of aryl methyl sites for hydroxylation is 1. The Balaban J connectivity index is 1.91. The number of carbonyl (C=O) groups excluding carboxylic acids is 1. The Morgan fingerprint density at radius 1 is 1.45 bits per heavy atom. The lowest BCUT2D eigenvalue weighted by molar-refractivity contribution is 0.0496. The predicted molar refractivity (Wildman–Crippen MR) is 77.4 cm³/mol. The maximum atomic E-state index is 12.0. The zero-order valence-electron chi connectivity index (χ0n) is 11.6. The SMILES string of the molecule is CCCn1cc(N)cc1C(=O)OCCc1ccccn1. The van der Waals surface area contributed by atoms with Gasteiger partial charge in [-0.15, -0.1) is 0 Å². The van der Waals surface area contributed by atoms with Gasteiger partial charge in [-0.2, -0.15) is 0 Å². The summed E-state index contributed by atoms with van der Waals surface area (Å²) in [7, 11) is 0. The maximum absolute atomic E-state index is 12.0. The number of rotatable bonds is 6. The molecule has 2 aromatic heterocycles. The molecule has 106 valence electrons. The number of carbonyl (C=O) groups is 1. The van der Waals surface area contributed by atoms with Gasteiger partial charge in [-0.05, 0) is 24.6 Å². The predicted octanol–water partition coefficient (Wildman–Crippen LogP) is 2.27. The van der Waals surface area contributed by atoms with E-state index in [2.05, 4.69) is 4.98 Å². The molecule has 0 spiro atoms. The number of anilines is 1. The van der Waals surface area contributed by atoms with Gasteiger partial charge in [-0.3, -0.25) is 4.98 Å². The number of ether oxygens (including phenoxy) is 1. The Morgan fingerprint density at radius 2 is 2.30 bits per heavy atom. The maximum Gasteiger partial charge on any atom is 0.355 e. The number of nitrogens with two attached hydrogens (primary N) is 1. The van der Waals surface area contributed by atoms with E-state index in [0.717, 1.165) is 18.7 Å². The van der Waals surface area contributed by atoms with E-state index in [1.54, 1.807) is 18.5 Å². The molecule has 2 heterocycles. The lowest BCUT2D eigenvalue weighted by Crippen LogP contribution is -2.13. The van der Waals surface area contributed by atoms with E-state index in [1.165, 1.54) is 0 Å². The van der Waals surface area contributed by atoms with Crippen molar-refractivity contribution < 1.29 is 9.53 Å². The molecule has 0 fully saturated rings. The van der Waals surface area contributed by atoms with Crippen molar-refractivity contribution in [2.75, 3.05) is 12.3 Å². The molecule has 0 aliphatic carbocycles. The molecule has 5 heteroatoms. The van der Waals surface area contributed by atoms with Gasteiger partial charge in [-0.25, -0.2) is 4.79 Å². The lowest BCUT2D eigenvalue weighted by atomic mass is 10.3. The smallest absolute Gasteiger partial charge is 0.355 e. The molecule has 0 saturated carbocycles. The Labute approximate surface area is 118 Å². The zero-order valence-corrected chi connectivity index (χ0v) is 11.6. The highest BCUT2D eigenvalue weighted by atomic mass is 16.5. The summed E-state index contributed by atoms with van der Waals surface area (Å²) >= 11 is 0. The minimum absolute atomic E-state index is 0.313. The fraction of sp³-hybridized carbons (Fsp3) is 0.333. The third-order valence-corrected chi connectivity index (χ3v) is 2.91. The average molecular weight is 273 g/mol. The lowest BCUT2D eigenvalue weighted by Gasteiger charge is -2.07. The summed E-state index contributed by atoms with van der Waals surface area (Å²) in [6.45, 7) is 3.11. The van der Waals surface area contributed by atoms with Crippen LogP contribution in [0.2, 0.25) is 0 Å². The van der Waals surface area contributed by atoms with Gasteiger partial charge in [0.25, 0.3) is 0 Å². The molecule has 0 aliphatic rings. The van der Waals surface area contributed by atoms with Crippen LogP contribution in [0.25, 0.3) is 0 Å². The molecule has 0 aromatic carbocycles. The average Bonchev–Trinajstić information content (AvgIpc) is 2.81. The standard InChI is InChI=1S/C15H19N3O2/c1-2-8-18-11-12(16)10-14(18)15(19)20-9-6-13-5-3-4-7-17-13/h3-5,7,10-11H,2,6,8-9,16H2,1H3. The molecule has 0 amide bonds. The number of pyridine rings is 1. The van der Waals surface area contributed by atoms with E-state index >= 15 is 0 Å². The second-order valence-electron chi connectivity index (χ2n) is 4.56. The molecular formula is C15H19N3O2. The number of hydrogen-bond donors (Lipinski definition) is 1. The van der Waals surface area contributed by atoms with Crippen LogP contribution in [0.5, 0.6) is 0 Å². The highest BCUT2D eigenvalue weighted by Crippen LogP contribution is 2.12. The van der Waals surface area contributed by atoms with Gasteiger partial charge >= 0.3 is 5.97 Å². The molecule has 0 radical (unpaired) electrons. The normalized spacial score (nSPS) is 10.4. The van der Waals surface area contributed by atoms with Gasteiger partial charge in [0.2, 0.25) is 0 Å². The van der Waals surface area contributed by atoms with Gasteiger partial charge in [0.05, 0.1) is 12.3 Å². The summed E-state index contributed by atoms with van der Waals surface area (Å²) in [5.41, 5.74) is 7.72. The second-order valence-corrected chi connectivity index (χ2v) is 4.56. The van der Waals surface area contributed by atoms with Crippen molar-refractivity contribution in [3.63, 3.8) is 0 Å². The van der Waals surface area contributed by atoms with Crippen LogP contribution in [-0.4, -0.2) is 22.1 Å². The highest BCUT2D eigenvalue weighted by molar-refractivity contribution is 5.89. The molecule has 2 N–H and O–H groups in total. The minimum atomic E-state index is -0.342.